The first-order chi connectivity index (χ1) is 7.76. The Morgan fingerprint density at radius 1 is 1.69 bits per heavy atom. The smallest absolute Gasteiger partial charge is 0.323 e. The molecule has 1 aromatic rings. The van der Waals surface area contributed by atoms with Crippen LogP contribution in [0.4, 0.5) is 0 Å². The molecule has 0 radical (unpaired) electrons. The van der Waals surface area contributed by atoms with Gasteiger partial charge in [0.05, 0.1) is 13.7 Å². The van der Waals surface area contributed by atoms with Crippen LogP contribution in [0.5, 0.6) is 0 Å². The van der Waals surface area contributed by atoms with Crippen LogP contribution < -0.4 is 0 Å². The second-order valence-corrected chi connectivity index (χ2v) is 3.83. The number of hydrogen-bond donors (Lipinski definition) is 0. The highest BCUT2D eigenvalue weighted by molar-refractivity contribution is 5.76. The molecule has 6 heteroatoms. The number of nitrogens with zero attached hydrogens (tertiary/aromatic N) is 4. The van der Waals surface area contributed by atoms with E-state index in [1.165, 1.54) is 7.11 Å². The number of rotatable bonds is 4. The second kappa shape index (κ2) is 4.61. The third kappa shape index (κ3) is 1.92. The van der Waals surface area contributed by atoms with E-state index in [1.54, 1.807) is 6.33 Å². The van der Waals surface area contributed by atoms with Crippen LogP contribution in [0.15, 0.2) is 6.33 Å². The van der Waals surface area contributed by atoms with E-state index in [-0.39, 0.29) is 12.0 Å². The molecule has 1 unspecified atom stereocenters. The SMILES string of the molecule is CCn1cnnc1CN1CCC1C(=O)OC. The molecule has 0 bridgehead atoms. The van der Waals surface area contributed by atoms with Crippen LogP contribution in [-0.4, -0.2) is 45.3 Å². The van der Waals surface area contributed by atoms with Gasteiger partial charge in [-0.25, -0.2) is 0 Å². The van der Waals surface area contributed by atoms with Gasteiger partial charge in [-0.2, -0.15) is 0 Å². The molecule has 2 heterocycles. The van der Waals surface area contributed by atoms with Crippen molar-refractivity contribution in [2.75, 3.05) is 13.7 Å². The maximum absolute atomic E-state index is 11.4. The zero-order valence-electron chi connectivity index (χ0n) is 9.59. The third-order valence-electron chi connectivity index (χ3n) is 2.98. The Bertz CT molecular complexity index is 377. The van der Waals surface area contributed by atoms with Gasteiger partial charge < -0.3 is 9.30 Å². The molecule has 88 valence electrons. The van der Waals surface area contributed by atoms with Crippen molar-refractivity contribution in [1.82, 2.24) is 19.7 Å². The van der Waals surface area contributed by atoms with E-state index in [0.717, 1.165) is 25.3 Å². The normalized spacial score (nSPS) is 20.5. The summed E-state index contributed by atoms with van der Waals surface area (Å²) in [6, 6.07) is -0.105. The Balaban J connectivity index is 1.98. The van der Waals surface area contributed by atoms with E-state index >= 15 is 0 Å². The minimum Gasteiger partial charge on any atom is -0.468 e. The number of aryl methyl sites for hydroxylation is 1. The monoisotopic (exact) mass is 224 g/mol. The zero-order chi connectivity index (χ0) is 11.5. The summed E-state index contributed by atoms with van der Waals surface area (Å²) in [6.45, 7) is 4.46. The lowest BCUT2D eigenvalue weighted by Gasteiger charge is -2.38. The first-order valence-electron chi connectivity index (χ1n) is 5.44. The number of esters is 1. The summed E-state index contributed by atoms with van der Waals surface area (Å²) in [5.74, 6) is 0.741. The molecule has 1 fully saturated rings. The molecule has 0 saturated carbocycles. The standard InChI is InChI=1S/C10H16N4O2/c1-3-13-7-11-12-9(13)6-14-5-4-8(14)10(15)16-2/h7-8H,3-6H2,1-2H3. The number of carbonyl (C=O) groups is 1. The topological polar surface area (TPSA) is 60.2 Å². The van der Waals surface area contributed by atoms with Gasteiger partial charge in [0, 0.05) is 13.1 Å². The fourth-order valence-electron chi connectivity index (χ4n) is 1.88. The Hall–Kier alpha value is -1.43. The summed E-state index contributed by atoms with van der Waals surface area (Å²) in [4.78, 5) is 13.4. The maximum atomic E-state index is 11.4. The lowest BCUT2D eigenvalue weighted by Crippen LogP contribution is -2.52. The first kappa shape index (κ1) is 11.1. The van der Waals surface area contributed by atoms with Crippen LogP contribution in [0.3, 0.4) is 0 Å². The average Bonchev–Trinajstić information content (AvgIpc) is 2.71. The molecule has 1 aliphatic rings. The van der Waals surface area contributed by atoms with Gasteiger partial charge in [0.1, 0.15) is 18.2 Å². The van der Waals surface area contributed by atoms with Crippen molar-refractivity contribution in [2.45, 2.75) is 32.5 Å². The summed E-state index contributed by atoms with van der Waals surface area (Å²) in [5, 5.41) is 7.91. The lowest BCUT2D eigenvalue weighted by molar-refractivity contribution is -0.152. The van der Waals surface area contributed by atoms with E-state index < -0.39 is 0 Å². The number of ether oxygens (including phenoxy) is 1. The number of likely N-dealkylation sites (tertiary alicyclic amines) is 1. The van der Waals surface area contributed by atoms with Gasteiger partial charge in [-0.15, -0.1) is 10.2 Å². The third-order valence-corrected chi connectivity index (χ3v) is 2.98. The van der Waals surface area contributed by atoms with Crippen molar-refractivity contribution >= 4 is 5.97 Å². The lowest BCUT2D eigenvalue weighted by atomic mass is 10.0. The molecule has 0 aromatic carbocycles. The Morgan fingerprint density at radius 2 is 2.50 bits per heavy atom. The van der Waals surface area contributed by atoms with Gasteiger partial charge in [-0.05, 0) is 13.3 Å². The molecule has 0 N–H and O–H groups in total. The first-order valence-corrected chi connectivity index (χ1v) is 5.44. The number of hydrogen-bond acceptors (Lipinski definition) is 5. The molecular weight excluding hydrogens is 208 g/mol. The molecule has 2 rings (SSSR count). The van der Waals surface area contributed by atoms with Crippen LogP contribution in [0.1, 0.15) is 19.2 Å². The summed E-state index contributed by atoms with van der Waals surface area (Å²) in [7, 11) is 1.42. The van der Waals surface area contributed by atoms with E-state index in [0.29, 0.717) is 6.54 Å². The molecule has 0 amide bonds. The number of carbonyl (C=O) groups excluding carboxylic acids is 1. The Labute approximate surface area is 94.2 Å². The van der Waals surface area contributed by atoms with E-state index in [9.17, 15) is 4.79 Å². The highest BCUT2D eigenvalue weighted by atomic mass is 16.5. The van der Waals surface area contributed by atoms with E-state index in [4.69, 9.17) is 4.74 Å². The highest BCUT2D eigenvalue weighted by Crippen LogP contribution is 2.20. The van der Waals surface area contributed by atoms with Crippen molar-refractivity contribution in [3.63, 3.8) is 0 Å². The predicted octanol–water partition coefficient (Wildman–Crippen LogP) is 0.0453. The number of methoxy groups -OCH3 is 1. The zero-order valence-corrected chi connectivity index (χ0v) is 9.59. The van der Waals surface area contributed by atoms with Crippen LogP contribution >= 0.6 is 0 Å². The predicted molar refractivity (Wildman–Crippen MR) is 56.5 cm³/mol. The number of aromatic nitrogens is 3. The van der Waals surface area contributed by atoms with Crippen LogP contribution in [0, 0.1) is 0 Å². The quantitative estimate of drug-likeness (QED) is 0.676. The van der Waals surface area contributed by atoms with Crippen LogP contribution in [0.2, 0.25) is 0 Å². The summed E-state index contributed by atoms with van der Waals surface area (Å²) >= 11 is 0. The fourth-order valence-corrected chi connectivity index (χ4v) is 1.88. The molecule has 0 aliphatic carbocycles. The molecule has 1 saturated heterocycles. The van der Waals surface area contributed by atoms with E-state index in [2.05, 4.69) is 15.1 Å². The fraction of sp³-hybridized carbons (Fsp3) is 0.700. The van der Waals surface area contributed by atoms with Gasteiger partial charge in [-0.1, -0.05) is 0 Å². The van der Waals surface area contributed by atoms with Crippen molar-refractivity contribution in [3.8, 4) is 0 Å². The molecule has 1 aliphatic heterocycles. The van der Waals surface area contributed by atoms with Gasteiger partial charge in [0.25, 0.3) is 0 Å². The minimum atomic E-state index is -0.159. The molecule has 0 spiro atoms. The molecule has 1 aromatic heterocycles. The van der Waals surface area contributed by atoms with E-state index in [1.807, 2.05) is 11.5 Å². The summed E-state index contributed by atoms with van der Waals surface area (Å²) in [6.07, 6.45) is 2.58. The van der Waals surface area contributed by atoms with Gasteiger partial charge in [0.15, 0.2) is 0 Å². The minimum absolute atomic E-state index is 0.105. The maximum Gasteiger partial charge on any atom is 0.323 e. The van der Waals surface area contributed by atoms with Crippen molar-refractivity contribution in [2.24, 2.45) is 0 Å². The van der Waals surface area contributed by atoms with Crippen molar-refractivity contribution < 1.29 is 9.53 Å². The Kier molecular flexibility index (Phi) is 3.19. The Morgan fingerprint density at radius 3 is 3.06 bits per heavy atom. The molecule has 16 heavy (non-hydrogen) atoms. The summed E-state index contributed by atoms with van der Waals surface area (Å²) in [5.41, 5.74) is 0. The molecule has 6 nitrogen and oxygen atoms in total. The highest BCUT2D eigenvalue weighted by Gasteiger charge is 2.35. The van der Waals surface area contributed by atoms with Gasteiger partial charge >= 0.3 is 5.97 Å². The van der Waals surface area contributed by atoms with Gasteiger partial charge in [0.2, 0.25) is 0 Å². The largest absolute Gasteiger partial charge is 0.468 e. The van der Waals surface area contributed by atoms with Gasteiger partial charge in [-0.3, -0.25) is 9.69 Å². The van der Waals surface area contributed by atoms with Crippen molar-refractivity contribution in [3.05, 3.63) is 12.2 Å². The van der Waals surface area contributed by atoms with Crippen LogP contribution in [0.25, 0.3) is 0 Å². The van der Waals surface area contributed by atoms with Crippen LogP contribution in [-0.2, 0) is 22.6 Å². The van der Waals surface area contributed by atoms with Crippen molar-refractivity contribution in [1.29, 1.82) is 0 Å². The second-order valence-electron chi connectivity index (χ2n) is 3.83. The molecule has 1 atom stereocenters. The molecular formula is C10H16N4O2. The average molecular weight is 224 g/mol. The summed E-state index contributed by atoms with van der Waals surface area (Å²) < 4.78 is 6.72.